The summed E-state index contributed by atoms with van der Waals surface area (Å²) < 4.78 is 0. The molecule has 16 heavy (non-hydrogen) atoms. The van der Waals surface area contributed by atoms with Crippen molar-refractivity contribution in [1.29, 1.82) is 0 Å². The average Bonchev–Trinajstić information content (AvgIpc) is 2.94. The number of hydrogen-bond donors (Lipinski definition) is 1. The molecule has 0 saturated heterocycles. The third-order valence-corrected chi connectivity index (χ3v) is 3.60. The number of benzene rings is 1. The fourth-order valence-corrected chi connectivity index (χ4v) is 2.12. The normalized spacial score (nSPS) is 25.2. The fraction of sp³-hybridized carbons (Fsp3) is 0.571. The molecule has 2 heteroatoms. The van der Waals surface area contributed by atoms with Gasteiger partial charge in [-0.05, 0) is 42.9 Å². The van der Waals surface area contributed by atoms with Gasteiger partial charge in [0, 0.05) is 19.3 Å². The number of aliphatic hydroxyl groups is 1. The Morgan fingerprint density at radius 1 is 1.38 bits per heavy atom. The van der Waals surface area contributed by atoms with Crippen LogP contribution in [0.15, 0.2) is 24.3 Å². The molecule has 88 valence electrons. The van der Waals surface area contributed by atoms with E-state index in [1.165, 1.54) is 12.1 Å². The smallest absolute Gasteiger partial charge is 0.0761 e. The first-order valence-corrected chi connectivity index (χ1v) is 6.07. The molecule has 2 rings (SSSR count). The van der Waals surface area contributed by atoms with Crippen LogP contribution < -0.4 is 4.90 Å². The third kappa shape index (κ3) is 2.56. The summed E-state index contributed by atoms with van der Waals surface area (Å²) in [4.78, 5) is 2.31. The molecule has 0 amide bonds. The molecule has 1 N–H and O–H groups in total. The summed E-state index contributed by atoms with van der Waals surface area (Å²) in [6.07, 6.45) is 0.999. The Labute approximate surface area is 97.9 Å². The molecule has 3 atom stereocenters. The van der Waals surface area contributed by atoms with Crippen molar-refractivity contribution in [1.82, 2.24) is 0 Å². The number of aliphatic hydroxyl groups excluding tert-OH is 1. The molecule has 0 aromatic heterocycles. The van der Waals surface area contributed by atoms with Gasteiger partial charge in [-0.1, -0.05) is 19.1 Å². The monoisotopic (exact) mass is 219 g/mol. The Morgan fingerprint density at radius 2 is 1.94 bits per heavy atom. The van der Waals surface area contributed by atoms with E-state index < -0.39 is 0 Å². The van der Waals surface area contributed by atoms with Gasteiger partial charge < -0.3 is 10.0 Å². The van der Waals surface area contributed by atoms with E-state index in [2.05, 4.69) is 31.0 Å². The van der Waals surface area contributed by atoms with E-state index in [1.54, 1.807) is 6.92 Å². The van der Waals surface area contributed by atoms with Gasteiger partial charge in [-0.2, -0.15) is 0 Å². The lowest BCUT2D eigenvalue weighted by molar-refractivity contribution is 0.199. The van der Waals surface area contributed by atoms with Crippen LogP contribution in [0.4, 0.5) is 5.69 Å². The molecule has 1 fully saturated rings. The van der Waals surface area contributed by atoms with Gasteiger partial charge in [0.25, 0.3) is 0 Å². The Hall–Kier alpha value is -1.02. The highest BCUT2D eigenvalue weighted by Crippen LogP contribution is 2.38. The van der Waals surface area contributed by atoms with E-state index in [0.717, 1.165) is 23.9 Å². The van der Waals surface area contributed by atoms with Crippen LogP contribution in [0.3, 0.4) is 0 Å². The zero-order valence-electron chi connectivity index (χ0n) is 10.4. The topological polar surface area (TPSA) is 23.5 Å². The van der Waals surface area contributed by atoms with E-state index in [-0.39, 0.29) is 6.10 Å². The summed E-state index contributed by atoms with van der Waals surface area (Å²) in [6.45, 7) is 5.26. The number of rotatable bonds is 4. The predicted molar refractivity (Wildman–Crippen MR) is 67.6 cm³/mol. The van der Waals surface area contributed by atoms with Crippen LogP contribution in [0.25, 0.3) is 0 Å². The van der Waals surface area contributed by atoms with Crippen molar-refractivity contribution in [2.75, 3.05) is 18.5 Å². The van der Waals surface area contributed by atoms with Crippen LogP contribution in [0.1, 0.15) is 31.9 Å². The maximum atomic E-state index is 9.43. The molecule has 0 aliphatic heterocycles. The van der Waals surface area contributed by atoms with E-state index in [1.807, 2.05) is 12.1 Å². The summed E-state index contributed by atoms with van der Waals surface area (Å²) in [6, 6.07) is 8.20. The Balaban J connectivity index is 1.97. The Bertz CT molecular complexity index is 344. The van der Waals surface area contributed by atoms with E-state index in [4.69, 9.17) is 0 Å². The van der Waals surface area contributed by atoms with Crippen molar-refractivity contribution in [3.63, 3.8) is 0 Å². The minimum absolute atomic E-state index is 0.372. The van der Waals surface area contributed by atoms with Crippen molar-refractivity contribution < 1.29 is 5.11 Å². The molecule has 1 aliphatic carbocycles. The molecular weight excluding hydrogens is 198 g/mol. The van der Waals surface area contributed by atoms with Crippen LogP contribution in [-0.2, 0) is 0 Å². The molecule has 2 nitrogen and oxygen atoms in total. The van der Waals surface area contributed by atoms with Gasteiger partial charge in [-0.25, -0.2) is 0 Å². The first kappa shape index (κ1) is 11.5. The molecule has 1 aromatic rings. The lowest BCUT2D eigenvalue weighted by Crippen LogP contribution is -2.20. The summed E-state index contributed by atoms with van der Waals surface area (Å²) >= 11 is 0. The second-order valence-corrected chi connectivity index (χ2v) is 5.12. The van der Waals surface area contributed by atoms with Crippen LogP contribution in [0.5, 0.6) is 0 Å². The Kier molecular flexibility index (Phi) is 3.20. The first-order valence-electron chi connectivity index (χ1n) is 6.07. The van der Waals surface area contributed by atoms with Crippen molar-refractivity contribution >= 4 is 5.69 Å². The van der Waals surface area contributed by atoms with Crippen molar-refractivity contribution in [2.24, 2.45) is 11.8 Å². The average molecular weight is 219 g/mol. The molecule has 0 heterocycles. The van der Waals surface area contributed by atoms with E-state index >= 15 is 0 Å². The molecule has 1 aliphatic rings. The van der Waals surface area contributed by atoms with Gasteiger partial charge in [-0.15, -0.1) is 0 Å². The highest BCUT2D eigenvalue weighted by Gasteiger charge is 2.33. The quantitative estimate of drug-likeness (QED) is 0.841. The molecule has 0 bridgehead atoms. The zero-order valence-corrected chi connectivity index (χ0v) is 10.4. The molecule has 1 aromatic carbocycles. The van der Waals surface area contributed by atoms with Crippen molar-refractivity contribution in [2.45, 2.75) is 26.4 Å². The van der Waals surface area contributed by atoms with E-state index in [0.29, 0.717) is 0 Å². The van der Waals surface area contributed by atoms with Crippen LogP contribution >= 0.6 is 0 Å². The van der Waals surface area contributed by atoms with Gasteiger partial charge in [0.15, 0.2) is 0 Å². The molecule has 0 spiro atoms. The van der Waals surface area contributed by atoms with E-state index in [9.17, 15) is 5.11 Å². The second kappa shape index (κ2) is 4.46. The van der Waals surface area contributed by atoms with Crippen LogP contribution in [-0.4, -0.2) is 18.7 Å². The maximum absolute atomic E-state index is 9.43. The summed E-state index contributed by atoms with van der Waals surface area (Å²) in [5.74, 6) is 1.78. The van der Waals surface area contributed by atoms with Gasteiger partial charge in [0.2, 0.25) is 0 Å². The minimum atomic E-state index is -0.372. The highest BCUT2D eigenvalue weighted by molar-refractivity contribution is 5.47. The lowest BCUT2D eigenvalue weighted by atomic mass is 10.1. The largest absolute Gasteiger partial charge is 0.389 e. The third-order valence-electron chi connectivity index (χ3n) is 3.60. The zero-order chi connectivity index (χ0) is 11.7. The first-order chi connectivity index (χ1) is 7.58. The number of hydrogen-bond acceptors (Lipinski definition) is 2. The van der Waals surface area contributed by atoms with Gasteiger partial charge in [0.1, 0.15) is 0 Å². The van der Waals surface area contributed by atoms with Crippen molar-refractivity contribution in [3.8, 4) is 0 Å². The summed E-state index contributed by atoms with van der Waals surface area (Å²) in [5, 5.41) is 9.43. The Morgan fingerprint density at radius 3 is 2.38 bits per heavy atom. The van der Waals surface area contributed by atoms with Crippen LogP contribution in [0, 0.1) is 11.8 Å². The van der Waals surface area contributed by atoms with Crippen LogP contribution in [0.2, 0.25) is 0 Å². The predicted octanol–water partition coefficient (Wildman–Crippen LogP) is 2.83. The summed E-state index contributed by atoms with van der Waals surface area (Å²) in [5.41, 5.74) is 2.22. The van der Waals surface area contributed by atoms with Gasteiger partial charge >= 0.3 is 0 Å². The standard InChI is InChI=1S/C14H21NO/c1-10-8-13(10)9-15(3)14-6-4-12(5-7-14)11(2)16/h4-7,10-11,13,16H,8-9H2,1-3H3/t10?,11-,13?/m1/s1. The molecule has 1 saturated carbocycles. The maximum Gasteiger partial charge on any atom is 0.0761 e. The number of anilines is 1. The minimum Gasteiger partial charge on any atom is -0.389 e. The second-order valence-electron chi connectivity index (χ2n) is 5.12. The molecule has 2 unspecified atom stereocenters. The van der Waals surface area contributed by atoms with Crippen molar-refractivity contribution in [3.05, 3.63) is 29.8 Å². The van der Waals surface area contributed by atoms with Gasteiger partial charge in [0.05, 0.1) is 6.10 Å². The lowest BCUT2D eigenvalue weighted by Gasteiger charge is -2.19. The fourth-order valence-electron chi connectivity index (χ4n) is 2.12. The SMILES string of the molecule is CC1CC1CN(C)c1ccc([C@@H](C)O)cc1. The summed E-state index contributed by atoms with van der Waals surface area (Å²) in [7, 11) is 2.14. The molecular formula is C14H21NO. The van der Waals surface area contributed by atoms with Gasteiger partial charge in [-0.3, -0.25) is 0 Å². The molecule has 0 radical (unpaired) electrons. The number of nitrogens with zero attached hydrogens (tertiary/aromatic N) is 1. The highest BCUT2D eigenvalue weighted by atomic mass is 16.3.